The summed E-state index contributed by atoms with van der Waals surface area (Å²) in [5, 5.41) is 0. The Bertz CT molecular complexity index is 416. The number of nitrogens with zero attached hydrogens (tertiary/aromatic N) is 1. The smallest absolute Gasteiger partial charge is 0.339 e. The predicted molar refractivity (Wildman–Crippen MR) is 71.8 cm³/mol. The average molecular weight is 263 g/mol. The van der Waals surface area contributed by atoms with Gasteiger partial charge in [0.2, 0.25) is 0 Å². The van der Waals surface area contributed by atoms with Crippen molar-refractivity contribution in [2.45, 2.75) is 45.3 Å². The standard InChI is InChI=1S/C15H21NO3/c1-11-4-3-5-14(8-11)19-10-13-7-6-12(9-16-13)15(17)18-2/h6-7,9,11,14H,3-5,8,10H2,1-2H3. The number of carbonyl (C=O) groups is 1. The van der Waals surface area contributed by atoms with E-state index >= 15 is 0 Å². The molecule has 0 aliphatic heterocycles. The normalized spacial score (nSPS) is 23.1. The van der Waals surface area contributed by atoms with Crippen molar-refractivity contribution in [1.29, 1.82) is 0 Å². The lowest BCUT2D eigenvalue weighted by molar-refractivity contribution is 0.00318. The Balaban J connectivity index is 1.84. The fourth-order valence-corrected chi connectivity index (χ4v) is 2.48. The van der Waals surface area contributed by atoms with E-state index in [2.05, 4.69) is 16.6 Å². The maximum atomic E-state index is 11.3. The van der Waals surface area contributed by atoms with E-state index in [0.717, 1.165) is 24.5 Å². The lowest BCUT2D eigenvalue weighted by Gasteiger charge is -2.26. The van der Waals surface area contributed by atoms with Crippen molar-refractivity contribution in [1.82, 2.24) is 4.98 Å². The van der Waals surface area contributed by atoms with Gasteiger partial charge in [-0.2, -0.15) is 0 Å². The van der Waals surface area contributed by atoms with Crippen LogP contribution in [-0.4, -0.2) is 24.2 Å². The van der Waals surface area contributed by atoms with Gasteiger partial charge in [0.15, 0.2) is 0 Å². The average Bonchev–Trinajstić information content (AvgIpc) is 2.45. The molecule has 19 heavy (non-hydrogen) atoms. The van der Waals surface area contributed by atoms with E-state index in [9.17, 15) is 4.79 Å². The minimum atomic E-state index is -0.360. The van der Waals surface area contributed by atoms with Crippen LogP contribution in [0.1, 0.15) is 48.7 Å². The lowest BCUT2D eigenvalue weighted by atomic mass is 9.89. The molecule has 1 fully saturated rings. The van der Waals surface area contributed by atoms with Gasteiger partial charge in [0, 0.05) is 6.20 Å². The Morgan fingerprint density at radius 2 is 2.26 bits per heavy atom. The van der Waals surface area contributed by atoms with Crippen molar-refractivity contribution >= 4 is 5.97 Å². The van der Waals surface area contributed by atoms with Crippen molar-refractivity contribution in [3.63, 3.8) is 0 Å². The molecular formula is C15H21NO3. The number of hydrogen-bond acceptors (Lipinski definition) is 4. The van der Waals surface area contributed by atoms with Crippen LogP contribution in [0.4, 0.5) is 0 Å². The first kappa shape index (κ1) is 14.0. The monoisotopic (exact) mass is 263 g/mol. The van der Waals surface area contributed by atoms with Gasteiger partial charge >= 0.3 is 5.97 Å². The Morgan fingerprint density at radius 3 is 2.89 bits per heavy atom. The van der Waals surface area contributed by atoms with E-state index in [4.69, 9.17) is 4.74 Å². The van der Waals surface area contributed by atoms with Gasteiger partial charge in [0.25, 0.3) is 0 Å². The molecule has 0 radical (unpaired) electrons. The van der Waals surface area contributed by atoms with Gasteiger partial charge in [0.05, 0.1) is 31.1 Å². The van der Waals surface area contributed by atoms with Gasteiger partial charge in [-0.05, 0) is 30.9 Å². The van der Waals surface area contributed by atoms with Crippen LogP contribution in [0.5, 0.6) is 0 Å². The molecule has 1 aromatic heterocycles. The number of carbonyl (C=O) groups excluding carboxylic acids is 1. The predicted octanol–water partition coefficient (Wildman–Crippen LogP) is 2.96. The maximum Gasteiger partial charge on any atom is 0.339 e. The minimum Gasteiger partial charge on any atom is -0.465 e. The highest BCUT2D eigenvalue weighted by atomic mass is 16.5. The molecule has 2 rings (SSSR count). The third-order valence-electron chi connectivity index (χ3n) is 3.60. The molecule has 2 unspecified atom stereocenters. The van der Waals surface area contributed by atoms with Crippen LogP contribution in [0.2, 0.25) is 0 Å². The molecule has 1 heterocycles. The highest BCUT2D eigenvalue weighted by Crippen LogP contribution is 2.26. The fourth-order valence-electron chi connectivity index (χ4n) is 2.48. The van der Waals surface area contributed by atoms with Gasteiger partial charge in [-0.3, -0.25) is 4.98 Å². The molecule has 0 amide bonds. The van der Waals surface area contributed by atoms with Crippen LogP contribution in [-0.2, 0) is 16.1 Å². The van der Waals surface area contributed by atoms with Crippen LogP contribution in [0.25, 0.3) is 0 Å². The molecule has 0 saturated heterocycles. The maximum absolute atomic E-state index is 11.3. The molecule has 104 valence electrons. The van der Waals surface area contributed by atoms with Crippen LogP contribution < -0.4 is 0 Å². The van der Waals surface area contributed by atoms with Crippen LogP contribution in [0.3, 0.4) is 0 Å². The zero-order valence-corrected chi connectivity index (χ0v) is 11.6. The molecule has 0 spiro atoms. The quantitative estimate of drug-likeness (QED) is 0.784. The molecule has 1 saturated carbocycles. The van der Waals surface area contributed by atoms with Crippen molar-refractivity contribution < 1.29 is 14.3 Å². The molecular weight excluding hydrogens is 242 g/mol. The van der Waals surface area contributed by atoms with E-state index in [1.807, 2.05) is 6.07 Å². The summed E-state index contributed by atoms with van der Waals surface area (Å²) >= 11 is 0. The summed E-state index contributed by atoms with van der Waals surface area (Å²) < 4.78 is 10.5. The Labute approximate surface area is 114 Å². The molecule has 0 N–H and O–H groups in total. The number of aromatic nitrogens is 1. The molecule has 0 aromatic carbocycles. The Morgan fingerprint density at radius 1 is 1.42 bits per heavy atom. The third kappa shape index (κ3) is 4.03. The van der Waals surface area contributed by atoms with E-state index in [0.29, 0.717) is 18.3 Å². The first-order valence-electron chi connectivity index (χ1n) is 6.84. The first-order chi connectivity index (χ1) is 9.19. The van der Waals surface area contributed by atoms with Crippen LogP contribution >= 0.6 is 0 Å². The molecule has 1 aromatic rings. The summed E-state index contributed by atoms with van der Waals surface area (Å²) in [6.07, 6.45) is 6.73. The topological polar surface area (TPSA) is 48.4 Å². The molecule has 1 aliphatic rings. The van der Waals surface area contributed by atoms with Gasteiger partial charge in [-0.25, -0.2) is 4.79 Å². The highest BCUT2D eigenvalue weighted by Gasteiger charge is 2.19. The van der Waals surface area contributed by atoms with E-state index in [1.54, 1.807) is 6.07 Å². The van der Waals surface area contributed by atoms with Crippen molar-refractivity contribution in [3.05, 3.63) is 29.6 Å². The second-order valence-corrected chi connectivity index (χ2v) is 5.23. The van der Waals surface area contributed by atoms with Crippen LogP contribution in [0.15, 0.2) is 18.3 Å². The lowest BCUT2D eigenvalue weighted by Crippen LogP contribution is -2.21. The number of hydrogen-bond donors (Lipinski definition) is 0. The number of rotatable bonds is 4. The van der Waals surface area contributed by atoms with Gasteiger partial charge in [-0.1, -0.05) is 19.8 Å². The van der Waals surface area contributed by atoms with Crippen LogP contribution in [0, 0.1) is 5.92 Å². The SMILES string of the molecule is COC(=O)c1ccc(COC2CCCC(C)C2)nc1. The number of methoxy groups -OCH3 is 1. The molecule has 4 heteroatoms. The number of ether oxygens (including phenoxy) is 2. The highest BCUT2D eigenvalue weighted by molar-refractivity contribution is 5.88. The second-order valence-electron chi connectivity index (χ2n) is 5.23. The van der Waals surface area contributed by atoms with E-state index in [-0.39, 0.29) is 5.97 Å². The van der Waals surface area contributed by atoms with Gasteiger partial charge in [-0.15, -0.1) is 0 Å². The number of esters is 1. The number of pyridine rings is 1. The first-order valence-corrected chi connectivity index (χ1v) is 6.84. The summed E-state index contributed by atoms with van der Waals surface area (Å²) in [5.41, 5.74) is 1.32. The summed E-state index contributed by atoms with van der Waals surface area (Å²) in [6.45, 7) is 2.79. The third-order valence-corrected chi connectivity index (χ3v) is 3.60. The summed E-state index contributed by atoms with van der Waals surface area (Å²) in [5.74, 6) is 0.398. The molecule has 4 nitrogen and oxygen atoms in total. The molecule has 1 aliphatic carbocycles. The summed E-state index contributed by atoms with van der Waals surface area (Å²) in [6, 6.07) is 3.54. The van der Waals surface area contributed by atoms with Gasteiger partial charge < -0.3 is 9.47 Å². The molecule has 0 bridgehead atoms. The summed E-state index contributed by atoms with van der Waals surface area (Å²) in [7, 11) is 1.36. The summed E-state index contributed by atoms with van der Waals surface area (Å²) in [4.78, 5) is 15.5. The minimum absolute atomic E-state index is 0.353. The van der Waals surface area contributed by atoms with Crippen molar-refractivity contribution in [2.24, 2.45) is 5.92 Å². The molecule has 2 atom stereocenters. The van der Waals surface area contributed by atoms with E-state index < -0.39 is 0 Å². The van der Waals surface area contributed by atoms with E-state index in [1.165, 1.54) is 26.1 Å². The van der Waals surface area contributed by atoms with Crippen molar-refractivity contribution in [3.8, 4) is 0 Å². The Hall–Kier alpha value is -1.42. The largest absolute Gasteiger partial charge is 0.465 e. The second kappa shape index (κ2) is 6.66. The fraction of sp³-hybridized carbons (Fsp3) is 0.600. The van der Waals surface area contributed by atoms with Crippen molar-refractivity contribution in [2.75, 3.05) is 7.11 Å². The Kier molecular flexibility index (Phi) is 4.91. The van der Waals surface area contributed by atoms with Gasteiger partial charge in [0.1, 0.15) is 0 Å². The zero-order chi connectivity index (χ0) is 13.7. The zero-order valence-electron chi connectivity index (χ0n) is 11.6.